The second-order valence-corrected chi connectivity index (χ2v) is 9.48. The number of benzene rings is 1. The number of nitrogens with zero attached hydrogens (tertiary/aromatic N) is 1. The van der Waals surface area contributed by atoms with Crippen molar-refractivity contribution in [3.05, 3.63) is 29.8 Å². The van der Waals surface area contributed by atoms with Gasteiger partial charge in [0.25, 0.3) is 10.1 Å². The molecule has 0 amide bonds. The molecule has 0 saturated heterocycles. The number of hydrogen-bond acceptors (Lipinski definition) is 6. The Hall–Kier alpha value is -1.03. The number of unbranched alkanes of at least 4 members (excludes halogenated alkanes) is 9. The Morgan fingerprint density at radius 3 is 1.47 bits per heavy atom. The third-order valence-corrected chi connectivity index (χ3v) is 6.16. The molecule has 0 unspecified atom stereocenters. The molecule has 0 bridgehead atoms. The minimum Gasteiger partial charge on any atom is -0.395 e. The van der Waals surface area contributed by atoms with E-state index in [1.807, 2.05) is 0 Å². The molecule has 8 heteroatoms. The van der Waals surface area contributed by atoms with Gasteiger partial charge in [-0.3, -0.25) is 9.45 Å². The molecule has 32 heavy (non-hydrogen) atoms. The van der Waals surface area contributed by atoms with Crippen LogP contribution in [0, 0.1) is 0 Å². The van der Waals surface area contributed by atoms with Gasteiger partial charge in [-0.15, -0.1) is 0 Å². The fourth-order valence-electron chi connectivity index (χ4n) is 3.40. The lowest BCUT2D eigenvalue weighted by Crippen LogP contribution is -2.32. The highest BCUT2D eigenvalue weighted by molar-refractivity contribution is 7.85. The molecule has 0 saturated carbocycles. The minimum absolute atomic E-state index is 0.0284. The average Bonchev–Trinajstić information content (AvgIpc) is 2.76. The first-order valence-electron chi connectivity index (χ1n) is 12.0. The van der Waals surface area contributed by atoms with Crippen LogP contribution in [0.4, 0.5) is 0 Å². The molecular weight excluding hydrogens is 430 g/mol. The summed E-state index contributed by atoms with van der Waals surface area (Å²) in [5.41, 5.74) is 1.13. The molecule has 188 valence electrons. The van der Waals surface area contributed by atoms with Gasteiger partial charge in [-0.2, -0.15) is 8.42 Å². The largest absolute Gasteiger partial charge is 0.395 e. The highest BCUT2D eigenvalue weighted by Gasteiger charge is 2.08. The van der Waals surface area contributed by atoms with Gasteiger partial charge in [0.15, 0.2) is 0 Å². The summed E-state index contributed by atoms with van der Waals surface area (Å²) in [6, 6.07) is 6.52. The molecular formula is C24H45NO6S. The molecule has 4 N–H and O–H groups in total. The quantitative estimate of drug-likeness (QED) is 0.189. The van der Waals surface area contributed by atoms with Crippen molar-refractivity contribution in [2.45, 2.75) is 82.4 Å². The predicted molar refractivity (Wildman–Crippen MR) is 130 cm³/mol. The Labute approximate surface area is 195 Å². The van der Waals surface area contributed by atoms with Crippen molar-refractivity contribution in [3.63, 3.8) is 0 Å². The number of aliphatic hydroxyl groups is 3. The van der Waals surface area contributed by atoms with E-state index in [-0.39, 0.29) is 24.7 Å². The first-order valence-corrected chi connectivity index (χ1v) is 13.4. The lowest BCUT2D eigenvalue weighted by molar-refractivity contribution is 0.136. The molecule has 0 fully saturated rings. The lowest BCUT2D eigenvalue weighted by Gasteiger charge is -2.17. The van der Waals surface area contributed by atoms with Crippen molar-refractivity contribution in [3.8, 4) is 0 Å². The van der Waals surface area contributed by atoms with Gasteiger partial charge >= 0.3 is 0 Å². The van der Waals surface area contributed by atoms with Crippen LogP contribution >= 0.6 is 0 Å². The fraction of sp³-hybridized carbons (Fsp3) is 0.750. The van der Waals surface area contributed by atoms with Gasteiger partial charge in [0, 0.05) is 19.6 Å². The molecule has 1 rings (SSSR count). The summed E-state index contributed by atoms with van der Waals surface area (Å²) in [7, 11) is -4.06. The average molecular weight is 476 g/mol. The van der Waals surface area contributed by atoms with Crippen LogP contribution in [0.5, 0.6) is 0 Å². The Morgan fingerprint density at radius 1 is 0.688 bits per heavy atom. The summed E-state index contributed by atoms with van der Waals surface area (Å²) >= 11 is 0. The Morgan fingerprint density at radius 2 is 1.09 bits per heavy atom. The zero-order valence-corrected chi connectivity index (χ0v) is 20.6. The predicted octanol–water partition coefficient (Wildman–Crippen LogP) is 3.66. The molecule has 0 radical (unpaired) electrons. The van der Waals surface area contributed by atoms with E-state index >= 15 is 0 Å². The summed E-state index contributed by atoms with van der Waals surface area (Å²) in [5, 5.41) is 25.5. The highest BCUT2D eigenvalue weighted by atomic mass is 32.2. The van der Waals surface area contributed by atoms with Crippen molar-refractivity contribution < 1.29 is 28.3 Å². The van der Waals surface area contributed by atoms with Crippen LogP contribution in [-0.2, 0) is 16.5 Å². The van der Waals surface area contributed by atoms with Crippen molar-refractivity contribution in [2.24, 2.45) is 0 Å². The second kappa shape index (κ2) is 20.6. The van der Waals surface area contributed by atoms with Crippen LogP contribution in [0.2, 0.25) is 0 Å². The van der Waals surface area contributed by atoms with E-state index in [1.54, 1.807) is 17.0 Å². The van der Waals surface area contributed by atoms with Gasteiger partial charge in [-0.05, 0) is 30.5 Å². The summed E-state index contributed by atoms with van der Waals surface area (Å²) < 4.78 is 30.8. The standard InChI is InChI=1S/C18H30O3S.C6H15NO3/c1-2-3-4-5-6-7-8-9-10-11-12-17-13-15-18(16-14-17)22(19,20)21;8-4-1-7(2-5-9)3-6-10/h13-16H,2-12H2,1H3,(H,19,20,21);8-10H,1-6H2. The van der Waals surface area contributed by atoms with Crippen molar-refractivity contribution in [1.82, 2.24) is 4.90 Å². The van der Waals surface area contributed by atoms with E-state index in [9.17, 15) is 8.42 Å². The maximum Gasteiger partial charge on any atom is 0.294 e. The van der Waals surface area contributed by atoms with E-state index in [1.165, 1.54) is 69.9 Å². The Kier molecular flexibility index (Phi) is 19.9. The fourth-order valence-corrected chi connectivity index (χ4v) is 3.88. The van der Waals surface area contributed by atoms with Crippen LogP contribution in [-0.4, -0.2) is 72.6 Å². The van der Waals surface area contributed by atoms with Crippen LogP contribution in [0.1, 0.15) is 76.7 Å². The smallest absolute Gasteiger partial charge is 0.294 e. The van der Waals surface area contributed by atoms with Crippen LogP contribution in [0.15, 0.2) is 29.2 Å². The third-order valence-electron chi connectivity index (χ3n) is 5.29. The minimum atomic E-state index is -4.06. The molecule has 0 aliphatic heterocycles. The Balaban J connectivity index is 0.000000809. The summed E-state index contributed by atoms with van der Waals surface area (Å²) in [4.78, 5) is 1.76. The van der Waals surface area contributed by atoms with Crippen molar-refractivity contribution >= 4 is 10.1 Å². The van der Waals surface area contributed by atoms with E-state index in [0.29, 0.717) is 19.6 Å². The monoisotopic (exact) mass is 475 g/mol. The van der Waals surface area contributed by atoms with Gasteiger partial charge < -0.3 is 15.3 Å². The highest BCUT2D eigenvalue weighted by Crippen LogP contribution is 2.14. The number of aliphatic hydroxyl groups excluding tert-OH is 3. The van der Waals surface area contributed by atoms with Crippen LogP contribution in [0.25, 0.3) is 0 Å². The van der Waals surface area contributed by atoms with Gasteiger partial charge in [-0.25, -0.2) is 0 Å². The van der Waals surface area contributed by atoms with E-state index in [0.717, 1.165) is 18.4 Å². The maximum absolute atomic E-state index is 10.9. The molecule has 1 aromatic carbocycles. The SMILES string of the molecule is CCCCCCCCCCCCc1ccc(S(=O)(=O)O)cc1.OCCN(CCO)CCO. The molecule has 0 atom stereocenters. The topological polar surface area (TPSA) is 118 Å². The molecule has 1 aromatic rings. The second-order valence-electron chi connectivity index (χ2n) is 8.06. The molecule has 0 heterocycles. The molecule has 0 aromatic heterocycles. The zero-order valence-electron chi connectivity index (χ0n) is 19.8. The van der Waals surface area contributed by atoms with Crippen molar-refractivity contribution in [1.29, 1.82) is 0 Å². The normalized spacial score (nSPS) is 11.4. The molecule has 0 aliphatic carbocycles. The van der Waals surface area contributed by atoms with E-state index in [2.05, 4.69) is 6.92 Å². The lowest BCUT2D eigenvalue weighted by atomic mass is 10.0. The van der Waals surface area contributed by atoms with Gasteiger partial charge in [-0.1, -0.05) is 76.8 Å². The van der Waals surface area contributed by atoms with Crippen molar-refractivity contribution in [2.75, 3.05) is 39.5 Å². The summed E-state index contributed by atoms with van der Waals surface area (Å²) in [6.07, 6.45) is 14.1. The van der Waals surface area contributed by atoms with E-state index < -0.39 is 10.1 Å². The van der Waals surface area contributed by atoms with Gasteiger partial charge in [0.05, 0.1) is 24.7 Å². The third kappa shape index (κ3) is 17.5. The van der Waals surface area contributed by atoms with Gasteiger partial charge in [0.1, 0.15) is 0 Å². The van der Waals surface area contributed by atoms with Gasteiger partial charge in [0.2, 0.25) is 0 Å². The first kappa shape index (κ1) is 31.0. The first-order chi connectivity index (χ1) is 15.4. The molecule has 0 spiro atoms. The van der Waals surface area contributed by atoms with Crippen LogP contribution in [0.3, 0.4) is 0 Å². The molecule has 0 aliphatic rings. The number of rotatable bonds is 18. The number of hydrogen-bond donors (Lipinski definition) is 4. The summed E-state index contributed by atoms with van der Waals surface area (Å²) in [6.45, 7) is 4.00. The number of aryl methyl sites for hydroxylation is 1. The van der Waals surface area contributed by atoms with E-state index in [4.69, 9.17) is 19.9 Å². The molecule has 7 nitrogen and oxygen atoms in total. The summed E-state index contributed by atoms with van der Waals surface area (Å²) in [5.74, 6) is 0. The Bertz CT molecular complexity index is 622. The van der Waals surface area contributed by atoms with Crippen LogP contribution < -0.4 is 0 Å². The maximum atomic E-state index is 10.9. The zero-order chi connectivity index (χ0) is 24.1.